The molecule has 0 spiro atoms. The Labute approximate surface area is 223 Å². The predicted molar refractivity (Wildman–Crippen MR) is 150 cm³/mol. The highest BCUT2D eigenvalue weighted by molar-refractivity contribution is 8.24. The van der Waals surface area contributed by atoms with Gasteiger partial charge in [0.25, 0.3) is 5.91 Å². The molecule has 2 fully saturated rings. The third kappa shape index (κ3) is 6.23. The highest BCUT2D eigenvalue weighted by Crippen LogP contribution is 2.47. The molecular weight excluding hydrogens is 502 g/mol. The first-order valence-corrected chi connectivity index (χ1v) is 14.5. The standard InChI is InChI=1S/C27H31N7O3S/c28-11-13-29-26(35)21-3-1-20(2-4-21)25-9-12-30-27(32-25)31-22-5-7-23(8-6-22)33-14-16-34(17-15-33)24-10-18-38(36,37)19-24/h1-9,12,24,36-37H,10,13-19H2,(H,29,35)(H,30,31,32). The fourth-order valence-electron chi connectivity index (χ4n) is 4.91. The quantitative estimate of drug-likeness (QED) is 0.334. The van der Waals surface area contributed by atoms with Crippen molar-refractivity contribution in [2.24, 2.45) is 0 Å². The van der Waals surface area contributed by atoms with E-state index in [-0.39, 0.29) is 18.5 Å². The molecule has 1 amide bonds. The summed E-state index contributed by atoms with van der Waals surface area (Å²) in [6, 6.07) is 19.2. The van der Waals surface area contributed by atoms with Crippen molar-refractivity contribution in [1.82, 2.24) is 20.2 Å². The summed E-state index contributed by atoms with van der Waals surface area (Å²) in [5, 5.41) is 14.4. The fourth-order valence-corrected chi connectivity index (χ4v) is 6.72. The maximum absolute atomic E-state index is 12.0. The van der Waals surface area contributed by atoms with E-state index in [1.54, 1.807) is 18.3 Å². The van der Waals surface area contributed by atoms with Gasteiger partial charge in [-0.2, -0.15) is 15.9 Å². The van der Waals surface area contributed by atoms with Gasteiger partial charge in [-0.05, 0) is 48.9 Å². The zero-order valence-electron chi connectivity index (χ0n) is 21.0. The molecule has 0 saturated carbocycles. The normalized spacial score (nSPS) is 19.9. The summed E-state index contributed by atoms with van der Waals surface area (Å²) in [6.45, 7) is 3.63. The summed E-state index contributed by atoms with van der Waals surface area (Å²) in [5.41, 5.74) is 4.09. The molecule has 2 aromatic carbocycles. The van der Waals surface area contributed by atoms with Crippen molar-refractivity contribution < 1.29 is 13.9 Å². The molecule has 2 aliphatic rings. The Morgan fingerprint density at radius 2 is 1.79 bits per heavy atom. The van der Waals surface area contributed by atoms with Gasteiger partial charge in [-0.1, -0.05) is 12.1 Å². The van der Waals surface area contributed by atoms with Crippen molar-refractivity contribution in [3.8, 4) is 17.3 Å². The van der Waals surface area contributed by atoms with Crippen LogP contribution in [0.15, 0.2) is 60.8 Å². The van der Waals surface area contributed by atoms with Crippen LogP contribution in [-0.2, 0) is 0 Å². The Morgan fingerprint density at radius 3 is 2.45 bits per heavy atom. The second-order valence-electron chi connectivity index (χ2n) is 9.49. The Hall–Kier alpha value is -3.69. The van der Waals surface area contributed by atoms with Crippen LogP contribution >= 0.6 is 10.6 Å². The third-order valence-corrected chi connectivity index (χ3v) is 8.79. The number of carbonyl (C=O) groups excluding carboxylic acids is 1. The van der Waals surface area contributed by atoms with Crippen LogP contribution in [0.1, 0.15) is 16.8 Å². The molecular formula is C27H31N7O3S. The first-order chi connectivity index (χ1) is 18.4. The number of nitrogens with zero attached hydrogens (tertiary/aromatic N) is 5. The van der Waals surface area contributed by atoms with Gasteiger partial charge < -0.3 is 15.5 Å². The predicted octanol–water partition coefficient (Wildman–Crippen LogP) is 3.79. The lowest BCUT2D eigenvalue weighted by atomic mass is 10.1. The fraction of sp³-hybridized carbons (Fsp3) is 0.333. The number of hydrogen-bond donors (Lipinski definition) is 4. The van der Waals surface area contributed by atoms with Crippen LogP contribution in [0.4, 0.5) is 17.3 Å². The van der Waals surface area contributed by atoms with E-state index in [0.717, 1.165) is 55.2 Å². The number of anilines is 3. The summed E-state index contributed by atoms with van der Waals surface area (Å²) in [6.07, 6.45) is 2.56. The van der Waals surface area contributed by atoms with Gasteiger partial charge in [-0.3, -0.25) is 18.8 Å². The van der Waals surface area contributed by atoms with Gasteiger partial charge in [0, 0.05) is 66.7 Å². The molecule has 3 heterocycles. The summed E-state index contributed by atoms with van der Waals surface area (Å²) < 4.78 is 19.9. The summed E-state index contributed by atoms with van der Waals surface area (Å²) in [7, 11) is -2.36. The molecule has 1 unspecified atom stereocenters. The van der Waals surface area contributed by atoms with Crippen molar-refractivity contribution in [3.63, 3.8) is 0 Å². The first kappa shape index (κ1) is 25.9. The average molecular weight is 534 g/mol. The van der Waals surface area contributed by atoms with Crippen molar-refractivity contribution >= 4 is 33.8 Å². The molecule has 3 aromatic rings. The first-order valence-electron chi connectivity index (χ1n) is 12.6. The molecule has 1 atom stereocenters. The summed E-state index contributed by atoms with van der Waals surface area (Å²) in [4.78, 5) is 25.7. The molecule has 0 aliphatic carbocycles. The van der Waals surface area contributed by atoms with Gasteiger partial charge in [-0.25, -0.2) is 9.97 Å². The van der Waals surface area contributed by atoms with E-state index >= 15 is 0 Å². The van der Waals surface area contributed by atoms with Crippen LogP contribution < -0.4 is 15.5 Å². The lowest BCUT2D eigenvalue weighted by molar-refractivity contribution is 0.0958. The lowest BCUT2D eigenvalue weighted by Crippen LogP contribution is -2.50. The van der Waals surface area contributed by atoms with E-state index in [4.69, 9.17) is 5.26 Å². The van der Waals surface area contributed by atoms with E-state index in [0.29, 0.717) is 23.0 Å². The molecule has 10 nitrogen and oxygen atoms in total. The maximum Gasteiger partial charge on any atom is 0.252 e. The Bertz CT molecular complexity index is 1300. The molecule has 1 aromatic heterocycles. The Balaban J connectivity index is 1.17. The molecule has 4 N–H and O–H groups in total. The number of aromatic nitrogens is 2. The molecule has 5 rings (SSSR count). The van der Waals surface area contributed by atoms with E-state index < -0.39 is 10.6 Å². The van der Waals surface area contributed by atoms with Crippen LogP contribution in [0.5, 0.6) is 0 Å². The molecule has 2 aliphatic heterocycles. The monoisotopic (exact) mass is 533 g/mol. The van der Waals surface area contributed by atoms with Crippen molar-refractivity contribution in [2.45, 2.75) is 12.5 Å². The third-order valence-electron chi connectivity index (χ3n) is 6.98. The molecule has 0 radical (unpaired) electrons. The van der Waals surface area contributed by atoms with Crippen LogP contribution in [0, 0.1) is 11.3 Å². The minimum Gasteiger partial charge on any atom is -0.369 e. The molecule has 2 saturated heterocycles. The largest absolute Gasteiger partial charge is 0.369 e. The average Bonchev–Trinajstić information content (AvgIpc) is 3.32. The Morgan fingerprint density at radius 1 is 1.05 bits per heavy atom. The molecule has 38 heavy (non-hydrogen) atoms. The van der Waals surface area contributed by atoms with Gasteiger partial charge in [0.15, 0.2) is 0 Å². The number of nitriles is 1. The molecule has 11 heteroatoms. The van der Waals surface area contributed by atoms with Crippen molar-refractivity contribution in [1.29, 1.82) is 5.26 Å². The van der Waals surface area contributed by atoms with Gasteiger partial charge in [0.1, 0.15) is 6.54 Å². The van der Waals surface area contributed by atoms with Gasteiger partial charge in [0.2, 0.25) is 5.95 Å². The van der Waals surface area contributed by atoms with Gasteiger partial charge in [-0.15, -0.1) is 0 Å². The van der Waals surface area contributed by atoms with Crippen LogP contribution in [0.3, 0.4) is 0 Å². The number of rotatable bonds is 7. The summed E-state index contributed by atoms with van der Waals surface area (Å²) in [5.74, 6) is 1.24. The highest BCUT2D eigenvalue weighted by Gasteiger charge is 2.33. The lowest BCUT2D eigenvalue weighted by Gasteiger charge is -2.39. The van der Waals surface area contributed by atoms with E-state index in [2.05, 4.69) is 42.5 Å². The van der Waals surface area contributed by atoms with Crippen LogP contribution in [0.2, 0.25) is 0 Å². The highest BCUT2D eigenvalue weighted by atomic mass is 32.3. The van der Waals surface area contributed by atoms with E-state index in [1.807, 2.05) is 36.4 Å². The number of benzene rings is 2. The second kappa shape index (κ2) is 11.4. The van der Waals surface area contributed by atoms with E-state index in [9.17, 15) is 13.9 Å². The Kier molecular flexibility index (Phi) is 7.76. The van der Waals surface area contributed by atoms with E-state index in [1.165, 1.54) is 0 Å². The van der Waals surface area contributed by atoms with Crippen molar-refractivity contribution in [3.05, 3.63) is 66.4 Å². The van der Waals surface area contributed by atoms with Crippen LogP contribution in [0.25, 0.3) is 11.3 Å². The smallest absolute Gasteiger partial charge is 0.252 e. The van der Waals surface area contributed by atoms with Crippen molar-refractivity contribution in [2.75, 3.05) is 54.4 Å². The number of nitrogens with one attached hydrogen (secondary N) is 2. The maximum atomic E-state index is 12.0. The second-order valence-corrected chi connectivity index (χ2v) is 11.8. The molecule has 198 valence electrons. The molecule has 0 bridgehead atoms. The van der Waals surface area contributed by atoms with Crippen LogP contribution in [-0.4, -0.2) is 80.2 Å². The van der Waals surface area contributed by atoms with Gasteiger partial charge in [0.05, 0.1) is 17.5 Å². The zero-order valence-corrected chi connectivity index (χ0v) is 21.8. The number of hydrogen-bond acceptors (Lipinski definition) is 9. The van der Waals surface area contributed by atoms with Gasteiger partial charge >= 0.3 is 0 Å². The number of carbonyl (C=O) groups is 1. The SMILES string of the molecule is N#CCNC(=O)c1ccc(-c2ccnc(Nc3ccc(N4CCN(C5CCS(O)(O)C5)CC4)cc3)n2)cc1. The summed E-state index contributed by atoms with van der Waals surface area (Å²) >= 11 is 0. The number of amides is 1. The zero-order chi connectivity index (χ0) is 26.5. The minimum absolute atomic E-state index is 0.0301. The number of piperazine rings is 1. The minimum atomic E-state index is -2.36. The topological polar surface area (TPSA) is 138 Å².